The van der Waals surface area contributed by atoms with E-state index in [1.54, 1.807) is 12.1 Å². The van der Waals surface area contributed by atoms with Gasteiger partial charge in [-0.05, 0) is 36.2 Å². The molecule has 110 valence electrons. The van der Waals surface area contributed by atoms with Gasteiger partial charge in [0, 0.05) is 5.56 Å². The van der Waals surface area contributed by atoms with E-state index in [2.05, 4.69) is 5.32 Å². The molecule has 1 atom stereocenters. The molecule has 5 heteroatoms. The van der Waals surface area contributed by atoms with E-state index >= 15 is 0 Å². The van der Waals surface area contributed by atoms with Gasteiger partial charge in [-0.3, -0.25) is 4.79 Å². The van der Waals surface area contributed by atoms with E-state index in [1.807, 2.05) is 30.3 Å². The number of fused-ring (bicyclic) bond motifs is 1. The van der Waals surface area contributed by atoms with Crippen molar-refractivity contribution in [2.75, 3.05) is 6.54 Å². The van der Waals surface area contributed by atoms with Crippen molar-refractivity contribution in [3.63, 3.8) is 0 Å². The molecule has 0 aliphatic heterocycles. The highest BCUT2D eigenvalue weighted by molar-refractivity contribution is 6.07. The van der Waals surface area contributed by atoms with Crippen molar-refractivity contribution < 1.29 is 14.7 Å². The number of nitrogens with one attached hydrogen (secondary N) is 1. The number of carboxylic acid groups (broad SMARTS) is 1. The normalized spacial score (nSPS) is 12.0. The van der Waals surface area contributed by atoms with Gasteiger partial charge in [-0.15, -0.1) is 0 Å². The molecule has 4 N–H and O–H groups in total. The molecule has 0 unspecified atom stereocenters. The lowest BCUT2D eigenvalue weighted by molar-refractivity contribution is -0.139. The van der Waals surface area contributed by atoms with Crippen LogP contribution >= 0.6 is 0 Å². The first kappa shape index (κ1) is 15.0. The van der Waals surface area contributed by atoms with Gasteiger partial charge < -0.3 is 16.2 Å². The number of amides is 1. The second-order valence-electron chi connectivity index (χ2n) is 4.82. The summed E-state index contributed by atoms with van der Waals surface area (Å²) >= 11 is 0. The molecule has 0 saturated heterocycles. The zero-order valence-electron chi connectivity index (χ0n) is 11.6. The topological polar surface area (TPSA) is 92.4 Å². The van der Waals surface area contributed by atoms with E-state index in [-0.39, 0.29) is 5.91 Å². The summed E-state index contributed by atoms with van der Waals surface area (Å²) in [6.07, 6.45) is 0.870. The maximum absolute atomic E-state index is 12.3. The molecule has 0 aliphatic carbocycles. The third-order valence-electron chi connectivity index (χ3n) is 3.33. The second-order valence-corrected chi connectivity index (χ2v) is 4.82. The summed E-state index contributed by atoms with van der Waals surface area (Å²) in [6, 6.07) is 12.0. The number of hydrogen-bond donors (Lipinski definition) is 3. The third-order valence-corrected chi connectivity index (χ3v) is 3.33. The van der Waals surface area contributed by atoms with Crippen molar-refractivity contribution in [1.29, 1.82) is 0 Å². The molecule has 0 spiro atoms. The fraction of sp³-hybridized carbons (Fsp3) is 0.250. The zero-order valence-corrected chi connectivity index (χ0v) is 11.6. The molecule has 2 rings (SSSR count). The van der Waals surface area contributed by atoms with Gasteiger partial charge in [0.25, 0.3) is 5.91 Å². The predicted octanol–water partition coefficient (Wildman–Crippen LogP) is 1.76. The number of hydrogen-bond acceptors (Lipinski definition) is 3. The molecule has 0 saturated carbocycles. The lowest BCUT2D eigenvalue weighted by Crippen LogP contribution is -2.41. The highest BCUT2D eigenvalue weighted by Crippen LogP contribution is 2.18. The Bertz CT molecular complexity index is 650. The third kappa shape index (κ3) is 3.58. The lowest BCUT2D eigenvalue weighted by Gasteiger charge is -2.15. The molecular formula is C16H18N2O3. The first-order chi connectivity index (χ1) is 10.1. The maximum Gasteiger partial charge on any atom is 0.326 e. The average molecular weight is 286 g/mol. The highest BCUT2D eigenvalue weighted by Gasteiger charge is 2.20. The summed E-state index contributed by atoms with van der Waals surface area (Å²) in [7, 11) is 0. The zero-order chi connectivity index (χ0) is 15.2. The summed E-state index contributed by atoms with van der Waals surface area (Å²) in [5.41, 5.74) is 5.87. The van der Waals surface area contributed by atoms with Crippen molar-refractivity contribution in [3.05, 3.63) is 48.0 Å². The SMILES string of the molecule is NCCC[C@@H](NC(=O)c1cccc2ccccc12)C(=O)O. The summed E-state index contributed by atoms with van der Waals surface area (Å²) in [6.45, 7) is 0.397. The van der Waals surface area contributed by atoms with E-state index in [9.17, 15) is 9.59 Å². The first-order valence-electron chi connectivity index (χ1n) is 6.85. The number of carbonyl (C=O) groups is 2. The van der Waals surface area contributed by atoms with E-state index < -0.39 is 12.0 Å². The molecule has 1 amide bonds. The Kier molecular flexibility index (Phi) is 4.90. The number of aliphatic carboxylic acids is 1. The van der Waals surface area contributed by atoms with Crippen LogP contribution in [0.3, 0.4) is 0 Å². The van der Waals surface area contributed by atoms with Crippen LogP contribution in [-0.4, -0.2) is 29.6 Å². The predicted molar refractivity (Wildman–Crippen MR) is 81.1 cm³/mol. The minimum Gasteiger partial charge on any atom is -0.480 e. The van der Waals surface area contributed by atoms with Crippen LogP contribution in [0.1, 0.15) is 23.2 Å². The van der Waals surface area contributed by atoms with E-state index in [1.165, 1.54) is 0 Å². The summed E-state index contributed by atoms with van der Waals surface area (Å²) in [5, 5.41) is 13.5. The number of nitrogens with two attached hydrogens (primary N) is 1. The van der Waals surface area contributed by atoms with Crippen LogP contribution in [0.4, 0.5) is 0 Å². The molecule has 2 aromatic carbocycles. The second kappa shape index (κ2) is 6.85. The van der Waals surface area contributed by atoms with Crippen molar-refractivity contribution in [2.24, 2.45) is 5.73 Å². The standard InChI is InChI=1S/C16H18N2O3/c17-10-4-9-14(16(20)21)18-15(19)13-8-3-6-11-5-1-2-7-12(11)13/h1-3,5-8,14H,4,9-10,17H2,(H,18,19)(H,20,21)/t14-/m1/s1. The first-order valence-corrected chi connectivity index (χ1v) is 6.85. The van der Waals surface area contributed by atoms with Crippen LogP contribution in [0.25, 0.3) is 10.8 Å². The van der Waals surface area contributed by atoms with Gasteiger partial charge in [-0.2, -0.15) is 0 Å². The minimum absolute atomic E-state index is 0.322. The number of benzene rings is 2. The smallest absolute Gasteiger partial charge is 0.326 e. The molecule has 5 nitrogen and oxygen atoms in total. The summed E-state index contributed by atoms with van der Waals surface area (Å²) in [4.78, 5) is 23.5. The van der Waals surface area contributed by atoms with Crippen molar-refractivity contribution in [2.45, 2.75) is 18.9 Å². The Labute approximate surface area is 122 Å². The Morgan fingerprint density at radius 3 is 2.57 bits per heavy atom. The minimum atomic E-state index is -1.04. The van der Waals surface area contributed by atoms with Gasteiger partial charge in [0.1, 0.15) is 6.04 Å². The van der Waals surface area contributed by atoms with Gasteiger partial charge in [0.2, 0.25) is 0 Å². The Balaban J connectivity index is 2.23. The van der Waals surface area contributed by atoms with E-state index in [0.29, 0.717) is 24.9 Å². The van der Waals surface area contributed by atoms with Crippen molar-refractivity contribution >= 4 is 22.6 Å². The largest absolute Gasteiger partial charge is 0.480 e. The van der Waals surface area contributed by atoms with Gasteiger partial charge in [0.05, 0.1) is 0 Å². The molecule has 0 aliphatic rings. The Morgan fingerprint density at radius 1 is 1.14 bits per heavy atom. The lowest BCUT2D eigenvalue weighted by atomic mass is 10.0. The molecule has 0 fully saturated rings. The molecule has 0 bridgehead atoms. The van der Waals surface area contributed by atoms with Gasteiger partial charge in [-0.1, -0.05) is 36.4 Å². The molecular weight excluding hydrogens is 268 g/mol. The molecule has 0 heterocycles. The Morgan fingerprint density at radius 2 is 1.86 bits per heavy atom. The van der Waals surface area contributed by atoms with Gasteiger partial charge in [-0.25, -0.2) is 4.79 Å². The number of carboxylic acids is 1. The van der Waals surface area contributed by atoms with Crippen LogP contribution in [0.5, 0.6) is 0 Å². The molecule has 0 aromatic heterocycles. The van der Waals surface area contributed by atoms with Crippen LogP contribution in [0.2, 0.25) is 0 Å². The number of carbonyl (C=O) groups excluding carboxylic acids is 1. The fourth-order valence-corrected chi connectivity index (χ4v) is 2.24. The fourth-order valence-electron chi connectivity index (χ4n) is 2.24. The summed E-state index contributed by atoms with van der Waals surface area (Å²) < 4.78 is 0. The molecule has 0 radical (unpaired) electrons. The van der Waals surface area contributed by atoms with E-state index in [0.717, 1.165) is 10.8 Å². The van der Waals surface area contributed by atoms with Gasteiger partial charge >= 0.3 is 5.97 Å². The van der Waals surface area contributed by atoms with Crippen LogP contribution < -0.4 is 11.1 Å². The number of rotatable bonds is 6. The average Bonchev–Trinajstić information content (AvgIpc) is 2.50. The van der Waals surface area contributed by atoms with Crippen LogP contribution in [0, 0.1) is 0 Å². The van der Waals surface area contributed by atoms with Crippen molar-refractivity contribution in [3.8, 4) is 0 Å². The molecule has 2 aromatic rings. The van der Waals surface area contributed by atoms with Crippen LogP contribution in [-0.2, 0) is 4.79 Å². The quantitative estimate of drug-likeness (QED) is 0.754. The highest BCUT2D eigenvalue weighted by atomic mass is 16.4. The van der Waals surface area contributed by atoms with Crippen LogP contribution in [0.15, 0.2) is 42.5 Å². The van der Waals surface area contributed by atoms with Gasteiger partial charge in [0.15, 0.2) is 0 Å². The Hall–Kier alpha value is -2.40. The molecule has 21 heavy (non-hydrogen) atoms. The monoisotopic (exact) mass is 286 g/mol. The van der Waals surface area contributed by atoms with E-state index in [4.69, 9.17) is 10.8 Å². The maximum atomic E-state index is 12.3. The van der Waals surface area contributed by atoms with Crippen molar-refractivity contribution in [1.82, 2.24) is 5.32 Å². The summed E-state index contributed by atoms with van der Waals surface area (Å²) in [5.74, 6) is -1.42.